The summed E-state index contributed by atoms with van der Waals surface area (Å²) in [5, 5.41) is 10.2. The van der Waals surface area contributed by atoms with Crippen molar-refractivity contribution in [3.05, 3.63) is 36.1 Å². The minimum atomic E-state index is 0.0902. The number of aliphatic hydroxyl groups is 1. The van der Waals surface area contributed by atoms with E-state index in [0.717, 1.165) is 23.2 Å². The van der Waals surface area contributed by atoms with Crippen molar-refractivity contribution in [1.29, 1.82) is 0 Å². The first kappa shape index (κ1) is 12.2. The molecule has 0 bridgehead atoms. The van der Waals surface area contributed by atoms with Gasteiger partial charge in [-0.3, -0.25) is 4.79 Å². The van der Waals surface area contributed by atoms with Gasteiger partial charge in [0.1, 0.15) is 11.3 Å². The Labute approximate surface area is 111 Å². The molecule has 1 saturated heterocycles. The van der Waals surface area contributed by atoms with Gasteiger partial charge in [0.05, 0.1) is 0 Å². The molecular formula is C15H17NO3. The van der Waals surface area contributed by atoms with Crippen LogP contribution < -0.4 is 0 Å². The molecule has 0 saturated carbocycles. The van der Waals surface area contributed by atoms with Crippen LogP contribution in [0.15, 0.2) is 34.7 Å². The molecule has 19 heavy (non-hydrogen) atoms. The number of rotatable bonds is 4. The zero-order chi connectivity index (χ0) is 13.2. The van der Waals surface area contributed by atoms with Crippen LogP contribution in [-0.4, -0.2) is 35.6 Å². The fraction of sp³-hybridized carbons (Fsp3) is 0.400. The van der Waals surface area contributed by atoms with Crippen LogP contribution in [0.5, 0.6) is 0 Å². The summed E-state index contributed by atoms with van der Waals surface area (Å²) >= 11 is 0. The maximum atomic E-state index is 11.7. The standard InChI is InChI=1S/C15H17NO3/c17-10-11-7-15(18)16(9-11)6-5-13-8-12-3-1-2-4-14(12)19-13/h1-4,8,11,17H,5-7,9-10H2. The number of para-hydroxylation sites is 1. The quantitative estimate of drug-likeness (QED) is 0.911. The van der Waals surface area contributed by atoms with Gasteiger partial charge in [-0.05, 0) is 12.1 Å². The van der Waals surface area contributed by atoms with Crippen LogP contribution in [-0.2, 0) is 11.2 Å². The lowest BCUT2D eigenvalue weighted by molar-refractivity contribution is -0.127. The number of hydrogen-bond acceptors (Lipinski definition) is 3. The molecule has 2 heterocycles. The molecular weight excluding hydrogens is 242 g/mol. The fourth-order valence-electron chi connectivity index (χ4n) is 2.60. The van der Waals surface area contributed by atoms with Gasteiger partial charge >= 0.3 is 0 Å². The molecule has 3 rings (SSSR count). The predicted octanol–water partition coefficient (Wildman–Crippen LogP) is 1.82. The summed E-state index contributed by atoms with van der Waals surface area (Å²) < 4.78 is 5.73. The SMILES string of the molecule is O=C1CC(CO)CN1CCc1cc2ccccc2o1. The summed E-state index contributed by atoms with van der Waals surface area (Å²) in [6, 6.07) is 9.93. The van der Waals surface area contributed by atoms with E-state index in [1.54, 1.807) is 0 Å². The maximum Gasteiger partial charge on any atom is 0.223 e. The number of fused-ring (bicyclic) bond motifs is 1. The molecule has 1 atom stereocenters. The van der Waals surface area contributed by atoms with E-state index in [-0.39, 0.29) is 18.4 Å². The number of nitrogens with zero attached hydrogens (tertiary/aromatic N) is 1. The summed E-state index contributed by atoms with van der Waals surface area (Å²) in [7, 11) is 0. The number of carbonyl (C=O) groups excluding carboxylic acids is 1. The Morgan fingerprint density at radius 3 is 2.95 bits per heavy atom. The lowest BCUT2D eigenvalue weighted by atomic mass is 10.1. The first-order valence-corrected chi connectivity index (χ1v) is 6.62. The van der Waals surface area contributed by atoms with E-state index in [2.05, 4.69) is 0 Å². The van der Waals surface area contributed by atoms with Gasteiger partial charge in [0, 0.05) is 43.8 Å². The number of aliphatic hydroxyl groups excluding tert-OH is 1. The molecule has 0 spiro atoms. The molecule has 4 nitrogen and oxygen atoms in total. The summed E-state index contributed by atoms with van der Waals surface area (Å²) in [5.74, 6) is 1.14. The molecule has 1 aromatic carbocycles. The number of carbonyl (C=O) groups is 1. The summed E-state index contributed by atoms with van der Waals surface area (Å²) in [5.41, 5.74) is 0.887. The zero-order valence-electron chi connectivity index (χ0n) is 10.7. The van der Waals surface area contributed by atoms with Gasteiger partial charge in [-0.15, -0.1) is 0 Å². The predicted molar refractivity (Wildman–Crippen MR) is 71.7 cm³/mol. The van der Waals surface area contributed by atoms with E-state index < -0.39 is 0 Å². The Morgan fingerprint density at radius 2 is 2.21 bits per heavy atom. The highest BCUT2D eigenvalue weighted by atomic mass is 16.3. The summed E-state index contributed by atoms with van der Waals surface area (Å²) in [4.78, 5) is 13.5. The van der Waals surface area contributed by atoms with Gasteiger partial charge in [-0.25, -0.2) is 0 Å². The first-order chi connectivity index (χ1) is 9.26. The normalized spacial score (nSPS) is 19.5. The van der Waals surface area contributed by atoms with E-state index in [1.807, 2.05) is 35.2 Å². The highest BCUT2D eigenvalue weighted by Crippen LogP contribution is 2.21. The average molecular weight is 259 g/mol. The van der Waals surface area contributed by atoms with Crippen LogP contribution in [0, 0.1) is 5.92 Å². The molecule has 2 aromatic rings. The molecule has 1 amide bonds. The molecule has 0 radical (unpaired) electrons. The van der Waals surface area contributed by atoms with Gasteiger partial charge in [0.25, 0.3) is 0 Å². The third-order valence-electron chi connectivity index (χ3n) is 3.66. The first-order valence-electron chi connectivity index (χ1n) is 6.62. The third-order valence-corrected chi connectivity index (χ3v) is 3.66. The van der Waals surface area contributed by atoms with Crippen molar-refractivity contribution in [2.45, 2.75) is 12.8 Å². The Hall–Kier alpha value is -1.81. The second-order valence-electron chi connectivity index (χ2n) is 5.09. The fourth-order valence-corrected chi connectivity index (χ4v) is 2.60. The molecule has 0 aliphatic carbocycles. The van der Waals surface area contributed by atoms with Crippen LogP contribution in [0.4, 0.5) is 0 Å². The van der Waals surface area contributed by atoms with Crippen molar-refractivity contribution in [3.8, 4) is 0 Å². The average Bonchev–Trinajstić information content (AvgIpc) is 2.99. The smallest absolute Gasteiger partial charge is 0.223 e. The third kappa shape index (κ3) is 2.49. The van der Waals surface area contributed by atoms with Crippen molar-refractivity contribution in [3.63, 3.8) is 0 Å². The number of amides is 1. The molecule has 1 fully saturated rings. The Balaban J connectivity index is 1.64. The monoisotopic (exact) mass is 259 g/mol. The Morgan fingerprint density at radius 1 is 1.37 bits per heavy atom. The number of hydrogen-bond donors (Lipinski definition) is 1. The van der Waals surface area contributed by atoms with Crippen molar-refractivity contribution < 1.29 is 14.3 Å². The van der Waals surface area contributed by atoms with E-state index in [4.69, 9.17) is 9.52 Å². The number of likely N-dealkylation sites (tertiary alicyclic amines) is 1. The van der Waals surface area contributed by atoms with Crippen LogP contribution >= 0.6 is 0 Å². The van der Waals surface area contributed by atoms with Gasteiger partial charge in [0.2, 0.25) is 5.91 Å². The Bertz CT molecular complexity index is 557. The van der Waals surface area contributed by atoms with E-state index >= 15 is 0 Å². The largest absolute Gasteiger partial charge is 0.461 e. The highest BCUT2D eigenvalue weighted by molar-refractivity contribution is 5.79. The van der Waals surface area contributed by atoms with E-state index in [1.165, 1.54) is 0 Å². The molecule has 1 unspecified atom stereocenters. The van der Waals surface area contributed by atoms with Crippen LogP contribution in [0.1, 0.15) is 12.2 Å². The molecule has 1 N–H and O–H groups in total. The van der Waals surface area contributed by atoms with Crippen molar-refractivity contribution in [1.82, 2.24) is 4.90 Å². The molecule has 100 valence electrons. The Kier molecular flexibility index (Phi) is 3.25. The van der Waals surface area contributed by atoms with Crippen LogP contribution in [0.3, 0.4) is 0 Å². The highest BCUT2D eigenvalue weighted by Gasteiger charge is 2.28. The number of furan rings is 1. The number of benzene rings is 1. The minimum absolute atomic E-state index is 0.0902. The van der Waals surface area contributed by atoms with Crippen molar-refractivity contribution in [2.75, 3.05) is 19.7 Å². The van der Waals surface area contributed by atoms with Gasteiger partial charge in [-0.2, -0.15) is 0 Å². The lowest BCUT2D eigenvalue weighted by Gasteiger charge is -2.15. The van der Waals surface area contributed by atoms with Gasteiger partial charge < -0.3 is 14.4 Å². The second-order valence-corrected chi connectivity index (χ2v) is 5.09. The molecule has 4 heteroatoms. The molecule has 1 aromatic heterocycles. The van der Waals surface area contributed by atoms with E-state index in [0.29, 0.717) is 19.5 Å². The molecule has 1 aliphatic heterocycles. The maximum absolute atomic E-state index is 11.7. The molecule has 1 aliphatic rings. The second kappa shape index (κ2) is 5.05. The van der Waals surface area contributed by atoms with Crippen LogP contribution in [0.2, 0.25) is 0 Å². The minimum Gasteiger partial charge on any atom is -0.461 e. The van der Waals surface area contributed by atoms with Gasteiger partial charge in [-0.1, -0.05) is 18.2 Å². The topological polar surface area (TPSA) is 53.7 Å². The summed E-state index contributed by atoms with van der Waals surface area (Å²) in [6.45, 7) is 1.41. The van der Waals surface area contributed by atoms with Crippen molar-refractivity contribution in [2.24, 2.45) is 5.92 Å². The van der Waals surface area contributed by atoms with Crippen LogP contribution in [0.25, 0.3) is 11.0 Å². The van der Waals surface area contributed by atoms with E-state index in [9.17, 15) is 4.79 Å². The lowest BCUT2D eigenvalue weighted by Crippen LogP contribution is -2.27. The zero-order valence-corrected chi connectivity index (χ0v) is 10.7. The summed E-state index contributed by atoms with van der Waals surface area (Å²) in [6.07, 6.45) is 1.19. The van der Waals surface area contributed by atoms with Gasteiger partial charge in [0.15, 0.2) is 0 Å². The van der Waals surface area contributed by atoms with Crippen molar-refractivity contribution >= 4 is 16.9 Å².